The van der Waals surface area contributed by atoms with E-state index in [4.69, 9.17) is 0 Å². The minimum Gasteiger partial charge on any atom is -0.508 e. The van der Waals surface area contributed by atoms with Crippen LogP contribution in [-0.4, -0.2) is 5.11 Å². The van der Waals surface area contributed by atoms with Crippen molar-refractivity contribution in [3.8, 4) is 5.75 Å². The Morgan fingerprint density at radius 3 is 1.91 bits per heavy atom. The first-order valence-electron chi connectivity index (χ1n) is 9.57. The average molecular weight is 305 g/mol. The van der Waals surface area contributed by atoms with E-state index in [1.54, 1.807) is 0 Å². The van der Waals surface area contributed by atoms with Crippen molar-refractivity contribution in [3.63, 3.8) is 0 Å². The van der Waals surface area contributed by atoms with Crippen LogP contribution < -0.4 is 0 Å². The van der Waals surface area contributed by atoms with Gasteiger partial charge in [-0.15, -0.1) is 0 Å². The van der Waals surface area contributed by atoms with Crippen LogP contribution in [0.4, 0.5) is 0 Å². The van der Waals surface area contributed by atoms with Gasteiger partial charge < -0.3 is 5.11 Å². The molecule has 0 aliphatic rings. The third kappa shape index (κ3) is 6.42. The third-order valence-electron chi connectivity index (χ3n) is 4.61. The lowest BCUT2D eigenvalue weighted by Crippen LogP contribution is -2.02. The molecule has 0 spiro atoms. The molecular weight excluding hydrogens is 268 g/mol. The van der Waals surface area contributed by atoms with Gasteiger partial charge in [0.1, 0.15) is 5.75 Å². The molecule has 1 aromatic carbocycles. The first-order chi connectivity index (χ1) is 10.7. The highest BCUT2D eigenvalue weighted by atomic mass is 16.3. The highest BCUT2D eigenvalue weighted by Gasteiger charge is 2.12. The largest absolute Gasteiger partial charge is 0.508 e. The summed E-state index contributed by atoms with van der Waals surface area (Å²) < 4.78 is 0. The summed E-state index contributed by atoms with van der Waals surface area (Å²) in [4.78, 5) is 0. The molecule has 0 atom stereocenters. The van der Waals surface area contributed by atoms with Crippen LogP contribution in [-0.2, 0) is 19.3 Å². The number of unbranched alkanes of at least 4 members (excludes halogenated alkanes) is 6. The topological polar surface area (TPSA) is 20.2 Å². The smallest absolute Gasteiger partial charge is 0.119 e. The fourth-order valence-corrected chi connectivity index (χ4v) is 3.20. The van der Waals surface area contributed by atoms with Crippen molar-refractivity contribution in [2.75, 3.05) is 0 Å². The lowest BCUT2D eigenvalue weighted by Gasteiger charge is -2.17. The van der Waals surface area contributed by atoms with Gasteiger partial charge in [-0.3, -0.25) is 0 Å². The molecule has 1 heteroatoms. The number of hydrogen-bond acceptors (Lipinski definition) is 1. The molecule has 1 nitrogen and oxygen atoms in total. The van der Waals surface area contributed by atoms with E-state index < -0.39 is 0 Å². The molecule has 0 unspecified atom stereocenters. The van der Waals surface area contributed by atoms with Crippen molar-refractivity contribution in [1.82, 2.24) is 0 Å². The Kier molecular flexibility index (Phi) is 10.0. The van der Waals surface area contributed by atoms with Crippen molar-refractivity contribution in [1.29, 1.82) is 0 Å². The van der Waals surface area contributed by atoms with Crippen LogP contribution in [0.5, 0.6) is 5.75 Å². The summed E-state index contributed by atoms with van der Waals surface area (Å²) in [6.07, 6.45) is 14.7. The molecule has 0 heterocycles. The fraction of sp³-hybridized carbons (Fsp3) is 0.714. The van der Waals surface area contributed by atoms with E-state index in [9.17, 15) is 5.11 Å². The maximum absolute atomic E-state index is 10.4. The third-order valence-corrected chi connectivity index (χ3v) is 4.61. The van der Waals surface area contributed by atoms with Gasteiger partial charge in [0.15, 0.2) is 0 Å². The molecule has 0 fully saturated rings. The highest BCUT2D eigenvalue weighted by molar-refractivity contribution is 5.45. The molecule has 1 aromatic rings. The summed E-state index contributed by atoms with van der Waals surface area (Å²) in [5.74, 6) is 0.531. The molecule has 0 radical (unpaired) electrons. The van der Waals surface area contributed by atoms with Crippen LogP contribution in [0.2, 0.25) is 0 Å². The maximum atomic E-state index is 10.4. The maximum Gasteiger partial charge on any atom is 0.119 e. The Morgan fingerprint density at radius 1 is 0.636 bits per heavy atom. The summed E-state index contributed by atoms with van der Waals surface area (Å²) in [7, 11) is 0. The molecule has 0 aliphatic carbocycles. The minimum absolute atomic E-state index is 0.531. The molecule has 0 bridgehead atoms. The van der Waals surface area contributed by atoms with E-state index in [1.165, 1.54) is 80.9 Å². The SMILES string of the molecule is CCCCCCc1c(O)ccc(CCCC)c1CCCCC. The van der Waals surface area contributed by atoms with Crippen LogP contribution in [0.3, 0.4) is 0 Å². The summed E-state index contributed by atoms with van der Waals surface area (Å²) >= 11 is 0. The van der Waals surface area contributed by atoms with E-state index >= 15 is 0 Å². The summed E-state index contributed by atoms with van der Waals surface area (Å²) in [6.45, 7) is 6.76. The van der Waals surface area contributed by atoms with Gasteiger partial charge in [-0.05, 0) is 61.3 Å². The van der Waals surface area contributed by atoms with Gasteiger partial charge in [0.05, 0.1) is 0 Å². The van der Waals surface area contributed by atoms with E-state index in [-0.39, 0.29) is 0 Å². The van der Waals surface area contributed by atoms with Crippen LogP contribution >= 0.6 is 0 Å². The second-order valence-electron chi connectivity index (χ2n) is 6.57. The van der Waals surface area contributed by atoms with Gasteiger partial charge in [-0.1, -0.05) is 65.4 Å². The number of phenols is 1. The molecule has 0 saturated carbocycles. The van der Waals surface area contributed by atoms with Crippen LogP contribution in [0, 0.1) is 0 Å². The van der Waals surface area contributed by atoms with Gasteiger partial charge in [-0.25, -0.2) is 0 Å². The number of benzene rings is 1. The fourth-order valence-electron chi connectivity index (χ4n) is 3.20. The average Bonchev–Trinajstić information content (AvgIpc) is 2.53. The zero-order chi connectivity index (χ0) is 16.2. The normalized spacial score (nSPS) is 11.0. The van der Waals surface area contributed by atoms with E-state index in [0.29, 0.717) is 5.75 Å². The Bertz CT molecular complexity index is 409. The molecule has 1 rings (SSSR count). The van der Waals surface area contributed by atoms with Gasteiger partial charge >= 0.3 is 0 Å². The molecular formula is C21H36O. The van der Waals surface area contributed by atoms with Crippen molar-refractivity contribution in [3.05, 3.63) is 28.8 Å². The van der Waals surface area contributed by atoms with Gasteiger partial charge in [-0.2, -0.15) is 0 Å². The Balaban J connectivity index is 2.87. The van der Waals surface area contributed by atoms with Crippen LogP contribution in [0.15, 0.2) is 12.1 Å². The molecule has 0 aromatic heterocycles. The number of phenolic OH excluding ortho intramolecular Hbond substituents is 1. The predicted octanol–water partition coefficient (Wildman–Crippen LogP) is 6.59. The number of aryl methyl sites for hydroxylation is 1. The first kappa shape index (κ1) is 19.1. The van der Waals surface area contributed by atoms with Crippen LogP contribution in [0.25, 0.3) is 0 Å². The first-order valence-corrected chi connectivity index (χ1v) is 9.57. The minimum atomic E-state index is 0.531. The number of aromatic hydroxyl groups is 1. The standard InChI is InChI=1S/C21H36O/c1-4-7-10-12-15-20-19(14-11-8-5-2)18(13-9-6-3)16-17-21(20)22/h16-17,22H,4-15H2,1-3H3. The zero-order valence-electron chi connectivity index (χ0n) is 15.1. The Morgan fingerprint density at radius 2 is 1.23 bits per heavy atom. The Hall–Kier alpha value is -0.980. The zero-order valence-corrected chi connectivity index (χ0v) is 15.1. The lowest BCUT2D eigenvalue weighted by atomic mass is 9.90. The van der Waals surface area contributed by atoms with E-state index in [1.807, 2.05) is 6.07 Å². The molecule has 126 valence electrons. The molecule has 0 amide bonds. The lowest BCUT2D eigenvalue weighted by molar-refractivity contribution is 0.464. The van der Waals surface area contributed by atoms with Gasteiger partial charge in [0.2, 0.25) is 0 Å². The second kappa shape index (κ2) is 11.6. The molecule has 0 aliphatic heterocycles. The van der Waals surface area contributed by atoms with Crippen molar-refractivity contribution >= 4 is 0 Å². The number of rotatable bonds is 12. The quantitative estimate of drug-likeness (QED) is 0.432. The van der Waals surface area contributed by atoms with Crippen molar-refractivity contribution in [2.24, 2.45) is 0 Å². The summed E-state index contributed by atoms with van der Waals surface area (Å²) in [6, 6.07) is 4.10. The van der Waals surface area contributed by atoms with E-state index in [0.717, 1.165) is 12.8 Å². The summed E-state index contributed by atoms with van der Waals surface area (Å²) in [5.41, 5.74) is 4.21. The molecule has 1 N–H and O–H groups in total. The van der Waals surface area contributed by atoms with Gasteiger partial charge in [0, 0.05) is 0 Å². The second-order valence-corrected chi connectivity index (χ2v) is 6.57. The van der Waals surface area contributed by atoms with E-state index in [2.05, 4.69) is 26.8 Å². The molecule has 22 heavy (non-hydrogen) atoms. The summed E-state index contributed by atoms with van der Waals surface area (Å²) in [5, 5.41) is 10.4. The van der Waals surface area contributed by atoms with Crippen molar-refractivity contribution < 1.29 is 5.11 Å². The Labute approximate surface area is 138 Å². The predicted molar refractivity (Wildman–Crippen MR) is 97.8 cm³/mol. The monoisotopic (exact) mass is 304 g/mol. The van der Waals surface area contributed by atoms with Crippen molar-refractivity contribution in [2.45, 2.75) is 97.8 Å². The number of hydrogen-bond donors (Lipinski definition) is 1. The van der Waals surface area contributed by atoms with Crippen LogP contribution in [0.1, 0.15) is 95.2 Å². The highest BCUT2D eigenvalue weighted by Crippen LogP contribution is 2.29. The molecule has 0 saturated heterocycles. The van der Waals surface area contributed by atoms with Gasteiger partial charge in [0.25, 0.3) is 0 Å².